The monoisotopic (exact) mass is 567 g/mol. The third kappa shape index (κ3) is 5.20. The van der Waals surface area contributed by atoms with E-state index in [0.29, 0.717) is 17.5 Å². The number of nitrogens with zero attached hydrogens (tertiary/aromatic N) is 3. The number of hydrogen-bond acceptors (Lipinski definition) is 8. The van der Waals surface area contributed by atoms with Gasteiger partial charge in [-0.15, -0.1) is 0 Å². The summed E-state index contributed by atoms with van der Waals surface area (Å²) in [5, 5.41) is 1.74. The molecule has 0 saturated heterocycles. The minimum absolute atomic E-state index is 0.00759. The molecule has 0 unspecified atom stereocenters. The predicted octanol–water partition coefficient (Wildman–Crippen LogP) is 4.11. The average molecular weight is 568 g/mol. The summed E-state index contributed by atoms with van der Waals surface area (Å²) in [5.41, 5.74) is 0.225. The van der Waals surface area contributed by atoms with Crippen molar-refractivity contribution in [2.75, 3.05) is 32.2 Å². The fourth-order valence-corrected chi connectivity index (χ4v) is 5.00. The maximum atomic E-state index is 15.3. The van der Waals surface area contributed by atoms with Crippen LogP contribution >= 0.6 is 0 Å². The number of ether oxygens (including phenoxy) is 4. The third-order valence-electron chi connectivity index (χ3n) is 6.91. The lowest BCUT2D eigenvalue weighted by Crippen LogP contribution is -2.58. The van der Waals surface area contributed by atoms with Crippen molar-refractivity contribution in [2.24, 2.45) is 0 Å². The van der Waals surface area contributed by atoms with Crippen LogP contribution in [-0.2, 0) is 9.47 Å². The van der Waals surface area contributed by atoms with Crippen LogP contribution < -0.4 is 19.9 Å². The molecule has 3 aromatic rings. The molecule has 2 bridgehead atoms. The summed E-state index contributed by atoms with van der Waals surface area (Å²) in [5.74, 6) is -3.34. The van der Waals surface area contributed by atoms with E-state index in [1.165, 1.54) is 23.0 Å². The molecule has 5 rings (SSSR count). The van der Waals surface area contributed by atoms with Gasteiger partial charge in [0, 0.05) is 17.8 Å². The number of aromatic nitrogens is 1. The Bertz CT molecular complexity index is 1540. The maximum absolute atomic E-state index is 15.3. The quantitative estimate of drug-likeness (QED) is 0.258. The van der Waals surface area contributed by atoms with Crippen LogP contribution in [0.4, 0.5) is 13.6 Å². The number of carbonyl (C=O) groups is 2. The van der Waals surface area contributed by atoms with Gasteiger partial charge in [0.1, 0.15) is 19.3 Å². The van der Waals surface area contributed by atoms with Crippen molar-refractivity contribution in [1.82, 2.24) is 9.58 Å². The van der Waals surface area contributed by atoms with E-state index in [4.69, 9.17) is 14.2 Å². The number of benzene rings is 2. The van der Waals surface area contributed by atoms with E-state index in [9.17, 15) is 18.8 Å². The van der Waals surface area contributed by atoms with Gasteiger partial charge in [-0.05, 0) is 30.2 Å². The Balaban J connectivity index is 1.76. The van der Waals surface area contributed by atoms with Crippen molar-refractivity contribution < 1.29 is 37.3 Å². The van der Waals surface area contributed by atoms with Gasteiger partial charge in [-0.25, -0.2) is 9.18 Å². The van der Waals surface area contributed by atoms with Crippen LogP contribution in [0.15, 0.2) is 71.7 Å². The highest BCUT2D eigenvalue weighted by Gasteiger charge is 2.40. The van der Waals surface area contributed by atoms with Crippen LogP contribution in [0, 0.1) is 11.6 Å². The van der Waals surface area contributed by atoms with Gasteiger partial charge in [0.15, 0.2) is 17.3 Å². The van der Waals surface area contributed by atoms with Gasteiger partial charge in [0.25, 0.3) is 5.91 Å². The second-order valence-corrected chi connectivity index (χ2v) is 9.23. The number of methoxy groups -OCH3 is 1. The Kier molecular flexibility index (Phi) is 7.90. The molecule has 2 aliphatic rings. The standard InChI is InChI=1S/C29H27F2N3O7/c1-3-19-10-7-15-39-26-20(11-12-21(30)23(26)31)24(18-8-5-4-6-9-18)34-16-32(19)28(36)25-27(22(35)13-14-33(25)34)40-17-41-29(37)38-2/h4-14,19,24H,3,15-17H2,1-2H3/b10-7+/t19-,24-/m1/s1. The first-order valence-electron chi connectivity index (χ1n) is 12.8. The normalized spacial score (nSPS) is 18.8. The van der Waals surface area contributed by atoms with Gasteiger partial charge in [-0.1, -0.05) is 43.3 Å². The van der Waals surface area contributed by atoms with Crippen molar-refractivity contribution in [2.45, 2.75) is 25.4 Å². The molecule has 2 atom stereocenters. The average Bonchev–Trinajstić information content (AvgIpc) is 3.01. The molecule has 1 aromatic heterocycles. The van der Waals surface area contributed by atoms with Crippen LogP contribution in [0.1, 0.15) is 41.0 Å². The van der Waals surface area contributed by atoms with Gasteiger partial charge in [0.2, 0.25) is 23.8 Å². The van der Waals surface area contributed by atoms with Gasteiger partial charge in [-0.3, -0.25) is 19.3 Å². The number of rotatable bonds is 5. The smallest absolute Gasteiger partial charge is 0.486 e. The lowest BCUT2D eigenvalue weighted by molar-refractivity contribution is 0.0133. The molecule has 0 N–H and O–H groups in total. The topological polar surface area (TPSA) is 99.5 Å². The van der Waals surface area contributed by atoms with Crippen LogP contribution in [-0.4, -0.2) is 54.9 Å². The van der Waals surface area contributed by atoms with Crippen molar-refractivity contribution in [3.05, 3.63) is 106 Å². The van der Waals surface area contributed by atoms with Crippen molar-refractivity contribution in [1.29, 1.82) is 0 Å². The zero-order chi connectivity index (χ0) is 29.1. The van der Waals surface area contributed by atoms with Gasteiger partial charge >= 0.3 is 6.16 Å². The van der Waals surface area contributed by atoms with Crippen LogP contribution in [0.5, 0.6) is 11.5 Å². The maximum Gasteiger partial charge on any atom is 0.510 e. The zero-order valence-corrected chi connectivity index (χ0v) is 22.3. The minimum Gasteiger partial charge on any atom is -0.486 e. The summed E-state index contributed by atoms with van der Waals surface area (Å²) in [4.78, 5) is 40.0. The van der Waals surface area contributed by atoms with Gasteiger partial charge < -0.3 is 23.8 Å². The summed E-state index contributed by atoms with van der Waals surface area (Å²) in [6.45, 7) is 1.14. The molecular formula is C29H27F2N3O7. The number of carbonyl (C=O) groups excluding carboxylic acids is 2. The second kappa shape index (κ2) is 11.7. The Morgan fingerprint density at radius 2 is 1.88 bits per heavy atom. The number of hydrogen-bond donors (Lipinski definition) is 0. The van der Waals surface area contributed by atoms with Crippen LogP contribution in [0.25, 0.3) is 0 Å². The first-order chi connectivity index (χ1) is 19.8. The Hall–Kier alpha value is -4.87. The molecule has 0 fully saturated rings. The molecule has 2 aliphatic heterocycles. The Morgan fingerprint density at radius 3 is 2.61 bits per heavy atom. The summed E-state index contributed by atoms with van der Waals surface area (Å²) in [6, 6.07) is 11.5. The second-order valence-electron chi connectivity index (χ2n) is 9.23. The number of halogens is 2. The highest BCUT2D eigenvalue weighted by Crippen LogP contribution is 2.39. The molecule has 3 heterocycles. The van der Waals surface area contributed by atoms with E-state index >= 15 is 4.39 Å². The summed E-state index contributed by atoms with van der Waals surface area (Å²) >= 11 is 0. The van der Waals surface area contributed by atoms with E-state index in [1.807, 2.05) is 25.1 Å². The number of amides is 1. The molecule has 1 amide bonds. The fraction of sp³-hybridized carbons (Fsp3) is 0.276. The van der Waals surface area contributed by atoms with Gasteiger partial charge in [-0.2, -0.15) is 4.39 Å². The lowest BCUT2D eigenvalue weighted by Gasteiger charge is -2.46. The van der Waals surface area contributed by atoms with E-state index in [-0.39, 0.29) is 30.5 Å². The molecule has 12 heteroatoms. The molecule has 2 aromatic carbocycles. The first kappa shape index (κ1) is 27.7. The largest absolute Gasteiger partial charge is 0.510 e. The Morgan fingerprint density at radius 1 is 1.10 bits per heavy atom. The molecule has 0 spiro atoms. The predicted molar refractivity (Wildman–Crippen MR) is 142 cm³/mol. The number of pyridine rings is 1. The van der Waals surface area contributed by atoms with E-state index < -0.39 is 48.0 Å². The number of fused-ring (bicyclic) bond motifs is 5. The van der Waals surface area contributed by atoms with Crippen molar-refractivity contribution in [3.8, 4) is 11.5 Å². The molecule has 0 aliphatic carbocycles. The minimum atomic E-state index is -1.14. The first-order valence-corrected chi connectivity index (χ1v) is 12.8. The highest BCUT2D eigenvalue weighted by atomic mass is 19.2. The third-order valence-corrected chi connectivity index (χ3v) is 6.91. The fourth-order valence-electron chi connectivity index (χ4n) is 5.00. The SMILES string of the molecule is CC[C@@H]1/C=C/COc2c(ccc(F)c2F)[C@@H](c2ccccc2)N2CN1C(=O)c1c(OCOC(=O)OC)c(=O)ccn12. The van der Waals surface area contributed by atoms with Crippen molar-refractivity contribution in [3.63, 3.8) is 0 Å². The van der Waals surface area contributed by atoms with E-state index in [2.05, 4.69) is 4.74 Å². The van der Waals surface area contributed by atoms with Crippen LogP contribution in [0.3, 0.4) is 0 Å². The van der Waals surface area contributed by atoms with Gasteiger partial charge in [0.05, 0.1) is 13.2 Å². The molecule has 41 heavy (non-hydrogen) atoms. The Labute approximate surface area is 233 Å². The summed E-state index contributed by atoms with van der Waals surface area (Å²) in [6.07, 6.45) is 4.26. The molecule has 10 nitrogen and oxygen atoms in total. The van der Waals surface area contributed by atoms with Crippen LogP contribution in [0.2, 0.25) is 0 Å². The molecule has 0 saturated carbocycles. The van der Waals surface area contributed by atoms with Crippen molar-refractivity contribution >= 4 is 12.1 Å². The molecular weight excluding hydrogens is 540 g/mol. The lowest BCUT2D eigenvalue weighted by atomic mass is 9.96. The molecule has 214 valence electrons. The van der Waals surface area contributed by atoms with E-state index in [0.717, 1.165) is 13.2 Å². The highest BCUT2D eigenvalue weighted by molar-refractivity contribution is 5.96. The zero-order valence-electron chi connectivity index (χ0n) is 22.3. The summed E-state index contributed by atoms with van der Waals surface area (Å²) in [7, 11) is 1.12. The molecule has 0 radical (unpaired) electrons. The van der Waals surface area contributed by atoms with E-state index in [1.54, 1.807) is 34.2 Å². The summed E-state index contributed by atoms with van der Waals surface area (Å²) < 4.78 is 51.7.